The molecule has 1 heterocycles. The summed E-state index contributed by atoms with van der Waals surface area (Å²) in [5, 5.41) is 9.16. The predicted molar refractivity (Wildman–Crippen MR) is 75.8 cm³/mol. The van der Waals surface area contributed by atoms with Crippen LogP contribution in [0.15, 0.2) is 18.2 Å². The molecule has 0 radical (unpaired) electrons. The first-order valence-electron chi connectivity index (χ1n) is 6.69. The minimum atomic E-state index is -0.374. The highest BCUT2D eigenvalue weighted by Gasteiger charge is 2.21. The number of hydrogen-bond acceptors (Lipinski definition) is 6. The summed E-state index contributed by atoms with van der Waals surface area (Å²) in [7, 11) is 0. The summed E-state index contributed by atoms with van der Waals surface area (Å²) in [6, 6.07) is 5.13. The molecule has 1 fully saturated rings. The van der Waals surface area contributed by atoms with E-state index in [1.165, 1.54) is 0 Å². The lowest BCUT2D eigenvalue weighted by Crippen LogP contribution is -2.44. The number of ether oxygens (including phenoxy) is 2. The fourth-order valence-electron chi connectivity index (χ4n) is 2.23. The molecule has 110 valence electrons. The van der Waals surface area contributed by atoms with Gasteiger partial charge < -0.3 is 25.2 Å². The molecule has 3 N–H and O–H groups in total. The van der Waals surface area contributed by atoms with Crippen molar-refractivity contribution in [3.63, 3.8) is 0 Å². The summed E-state index contributed by atoms with van der Waals surface area (Å²) in [4.78, 5) is 13.7. The van der Waals surface area contributed by atoms with Crippen LogP contribution in [0.3, 0.4) is 0 Å². The maximum atomic E-state index is 11.6. The topological polar surface area (TPSA) is 85.0 Å². The number of aliphatic hydroxyl groups is 1. The number of benzene rings is 1. The predicted octanol–water partition coefficient (Wildman–Crippen LogP) is 0.643. The van der Waals surface area contributed by atoms with E-state index in [1.54, 1.807) is 25.1 Å². The van der Waals surface area contributed by atoms with Crippen molar-refractivity contribution >= 4 is 17.3 Å². The van der Waals surface area contributed by atoms with Gasteiger partial charge in [-0.15, -0.1) is 0 Å². The molecule has 6 nitrogen and oxygen atoms in total. The van der Waals surface area contributed by atoms with E-state index in [0.717, 1.165) is 5.69 Å². The number of nitrogen functional groups attached to an aromatic ring is 1. The summed E-state index contributed by atoms with van der Waals surface area (Å²) in [5.74, 6) is -0.374. The Morgan fingerprint density at radius 3 is 3.05 bits per heavy atom. The van der Waals surface area contributed by atoms with Crippen LogP contribution < -0.4 is 10.6 Å². The number of aliphatic hydroxyl groups excluding tert-OH is 1. The van der Waals surface area contributed by atoms with Crippen LogP contribution in [0, 0.1) is 0 Å². The van der Waals surface area contributed by atoms with Crippen LogP contribution in [0.1, 0.15) is 17.3 Å². The molecule has 2 rings (SSSR count). The summed E-state index contributed by atoms with van der Waals surface area (Å²) in [6.07, 6.45) is -0.201. The molecule has 1 aromatic carbocycles. The number of morpholine rings is 1. The molecule has 1 aromatic rings. The number of carbonyl (C=O) groups is 1. The monoisotopic (exact) mass is 280 g/mol. The highest BCUT2D eigenvalue weighted by Crippen LogP contribution is 2.26. The van der Waals surface area contributed by atoms with Gasteiger partial charge in [0.25, 0.3) is 0 Å². The Balaban J connectivity index is 2.15. The molecule has 20 heavy (non-hydrogen) atoms. The van der Waals surface area contributed by atoms with Gasteiger partial charge in [-0.25, -0.2) is 4.79 Å². The van der Waals surface area contributed by atoms with Gasteiger partial charge in [-0.2, -0.15) is 0 Å². The quantitative estimate of drug-likeness (QED) is 0.622. The van der Waals surface area contributed by atoms with Gasteiger partial charge in [0.1, 0.15) is 0 Å². The first kappa shape index (κ1) is 14.6. The number of nitrogens with zero attached hydrogens (tertiary/aromatic N) is 1. The maximum Gasteiger partial charge on any atom is 0.338 e. The molecular formula is C14H20N2O4. The Morgan fingerprint density at radius 2 is 2.40 bits per heavy atom. The Morgan fingerprint density at radius 1 is 1.60 bits per heavy atom. The van der Waals surface area contributed by atoms with E-state index >= 15 is 0 Å². The first-order valence-corrected chi connectivity index (χ1v) is 6.69. The third-order valence-electron chi connectivity index (χ3n) is 3.22. The average molecular weight is 280 g/mol. The Labute approximate surface area is 118 Å². The van der Waals surface area contributed by atoms with E-state index in [0.29, 0.717) is 37.6 Å². The van der Waals surface area contributed by atoms with Crippen LogP contribution in [-0.2, 0) is 9.47 Å². The number of nitrogens with two attached hydrogens (primary N) is 1. The zero-order chi connectivity index (χ0) is 14.5. The van der Waals surface area contributed by atoms with E-state index in [1.807, 2.05) is 0 Å². The Kier molecular flexibility index (Phi) is 4.81. The molecule has 1 atom stereocenters. The van der Waals surface area contributed by atoms with Gasteiger partial charge in [0, 0.05) is 13.1 Å². The third-order valence-corrected chi connectivity index (χ3v) is 3.22. The molecule has 1 saturated heterocycles. The maximum absolute atomic E-state index is 11.6. The highest BCUT2D eigenvalue weighted by atomic mass is 16.5. The molecule has 0 bridgehead atoms. The summed E-state index contributed by atoms with van der Waals surface area (Å²) >= 11 is 0. The first-order chi connectivity index (χ1) is 9.65. The summed E-state index contributed by atoms with van der Waals surface area (Å²) in [6.45, 7) is 3.92. The SMILES string of the molecule is CCOC(=O)c1ccc(N2CCOC(CO)C2)c(N)c1. The zero-order valence-electron chi connectivity index (χ0n) is 11.5. The van der Waals surface area contributed by atoms with Gasteiger partial charge >= 0.3 is 5.97 Å². The summed E-state index contributed by atoms with van der Waals surface area (Å²) in [5.41, 5.74) is 7.83. The number of rotatable bonds is 4. The third kappa shape index (κ3) is 3.20. The fourth-order valence-corrected chi connectivity index (χ4v) is 2.23. The molecule has 0 spiro atoms. The average Bonchev–Trinajstić information content (AvgIpc) is 2.47. The fraction of sp³-hybridized carbons (Fsp3) is 0.500. The largest absolute Gasteiger partial charge is 0.462 e. The summed E-state index contributed by atoms with van der Waals surface area (Å²) < 4.78 is 10.3. The Hall–Kier alpha value is -1.79. The molecule has 6 heteroatoms. The van der Waals surface area contributed by atoms with Gasteiger partial charge in [0.2, 0.25) is 0 Å². The zero-order valence-corrected chi connectivity index (χ0v) is 11.5. The van der Waals surface area contributed by atoms with Gasteiger partial charge in [-0.1, -0.05) is 0 Å². The molecule has 0 aromatic heterocycles. The van der Waals surface area contributed by atoms with Gasteiger partial charge in [-0.3, -0.25) is 0 Å². The smallest absolute Gasteiger partial charge is 0.338 e. The van der Waals surface area contributed by atoms with Gasteiger partial charge in [-0.05, 0) is 25.1 Å². The van der Waals surface area contributed by atoms with Crippen molar-refractivity contribution < 1.29 is 19.4 Å². The molecule has 1 unspecified atom stereocenters. The van der Waals surface area contributed by atoms with Crippen molar-refractivity contribution in [3.8, 4) is 0 Å². The van der Waals surface area contributed by atoms with Crippen molar-refractivity contribution in [1.82, 2.24) is 0 Å². The lowest BCUT2D eigenvalue weighted by atomic mass is 10.1. The van der Waals surface area contributed by atoms with Crippen molar-refractivity contribution in [2.45, 2.75) is 13.0 Å². The van der Waals surface area contributed by atoms with E-state index in [-0.39, 0.29) is 18.7 Å². The van der Waals surface area contributed by atoms with Crippen LogP contribution in [-0.4, -0.2) is 50.1 Å². The van der Waals surface area contributed by atoms with Crippen LogP contribution in [0.4, 0.5) is 11.4 Å². The van der Waals surface area contributed by atoms with Crippen molar-refractivity contribution in [2.24, 2.45) is 0 Å². The minimum absolute atomic E-state index is 0.0166. The van der Waals surface area contributed by atoms with E-state index in [9.17, 15) is 4.79 Å². The van der Waals surface area contributed by atoms with E-state index < -0.39 is 0 Å². The standard InChI is InChI=1S/C14H20N2O4/c1-2-19-14(18)10-3-4-13(12(15)7-10)16-5-6-20-11(8-16)9-17/h3-4,7,11,17H,2,5-6,8-9,15H2,1H3. The molecule has 0 amide bonds. The number of esters is 1. The Bertz CT molecular complexity index is 478. The molecular weight excluding hydrogens is 260 g/mol. The number of anilines is 2. The van der Waals surface area contributed by atoms with Crippen LogP contribution in [0.5, 0.6) is 0 Å². The minimum Gasteiger partial charge on any atom is -0.462 e. The van der Waals surface area contributed by atoms with Gasteiger partial charge in [0.15, 0.2) is 0 Å². The molecule has 0 saturated carbocycles. The normalized spacial score (nSPS) is 18.9. The molecule has 1 aliphatic heterocycles. The van der Waals surface area contributed by atoms with Crippen LogP contribution >= 0.6 is 0 Å². The second-order valence-electron chi connectivity index (χ2n) is 4.62. The van der Waals surface area contributed by atoms with Crippen molar-refractivity contribution in [3.05, 3.63) is 23.8 Å². The van der Waals surface area contributed by atoms with E-state index in [2.05, 4.69) is 4.90 Å². The highest BCUT2D eigenvalue weighted by molar-refractivity contribution is 5.92. The van der Waals surface area contributed by atoms with E-state index in [4.69, 9.17) is 20.3 Å². The number of carbonyl (C=O) groups excluding carboxylic acids is 1. The van der Waals surface area contributed by atoms with Crippen LogP contribution in [0.2, 0.25) is 0 Å². The van der Waals surface area contributed by atoms with Crippen molar-refractivity contribution in [1.29, 1.82) is 0 Å². The molecule has 1 aliphatic rings. The molecule has 0 aliphatic carbocycles. The lowest BCUT2D eigenvalue weighted by Gasteiger charge is -2.34. The van der Waals surface area contributed by atoms with Crippen molar-refractivity contribution in [2.75, 3.05) is 43.5 Å². The van der Waals surface area contributed by atoms with Crippen LogP contribution in [0.25, 0.3) is 0 Å². The number of hydrogen-bond donors (Lipinski definition) is 2. The van der Waals surface area contributed by atoms with Gasteiger partial charge in [0.05, 0.1) is 42.9 Å². The second kappa shape index (κ2) is 6.58. The lowest BCUT2D eigenvalue weighted by molar-refractivity contribution is 0.00360. The second-order valence-corrected chi connectivity index (χ2v) is 4.62.